The molecule has 1 aliphatic heterocycles. The summed E-state index contributed by atoms with van der Waals surface area (Å²) in [6.45, 7) is 3.46. The number of rotatable bonds is 2. The Balaban J connectivity index is 2.28. The van der Waals surface area contributed by atoms with Crippen molar-refractivity contribution in [3.8, 4) is 0 Å². The Morgan fingerprint density at radius 3 is 2.67 bits per heavy atom. The molecule has 4 nitrogen and oxygen atoms in total. The molecule has 0 spiro atoms. The summed E-state index contributed by atoms with van der Waals surface area (Å²) in [5.41, 5.74) is 0.949. The highest BCUT2D eigenvalue weighted by Crippen LogP contribution is 2.24. The Hall–Kier alpha value is -1.46. The number of hydrogen-bond acceptors (Lipinski definition) is 3. The summed E-state index contributed by atoms with van der Waals surface area (Å²) in [4.78, 5) is 18.0. The highest BCUT2D eigenvalue weighted by molar-refractivity contribution is 7.80. The van der Waals surface area contributed by atoms with Crippen molar-refractivity contribution in [2.24, 2.45) is 0 Å². The van der Waals surface area contributed by atoms with Crippen LogP contribution in [-0.4, -0.2) is 22.1 Å². The maximum absolute atomic E-state index is 11.7. The van der Waals surface area contributed by atoms with E-state index in [1.54, 1.807) is 0 Å². The maximum atomic E-state index is 11.7. The van der Waals surface area contributed by atoms with Crippen molar-refractivity contribution >= 4 is 23.1 Å². The van der Waals surface area contributed by atoms with Crippen molar-refractivity contribution in [3.63, 3.8) is 0 Å². The molecule has 5 heteroatoms. The lowest BCUT2D eigenvalue weighted by atomic mass is 10.1. The first-order valence-corrected chi connectivity index (χ1v) is 6.36. The van der Waals surface area contributed by atoms with Gasteiger partial charge in [-0.05, 0) is 12.0 Å². The SMILES string of the molecule is CC[C@@H]1ON(C(C)=O)[C@H](c2ccccc2)NC1=S. The zero-order valence-corrected chi connectivity index (χ0v) is 11.2. The van der Waals surface area contributed by atoms with Gasteiger partial charge in [0.2, 0.25) is 5.91 Å². The van der Waals surface area contributed by atoms with Crippen LogP contribution in [-0.2, 0) is 9.63 Å². The fraction of sp³-hybridized carbons (Fsp3) is 0.385. The van der Waals surface area contributed by atoms with Gasteiger partial charge >= 0.3 is 0 Å². The van der Waals surface area contributed by atoms with E-state index >= 15 is 0 Å². The standard InChI is InChI=1S/C13H16N2O2S/c1-3-11-13(18)14-12(15(17-11)9(2)16)10-7-5-4-6-8-10/h4-8,11-12H,3H2,1-2H3,(H,14,18)/t11-,12+/m0/s1. The van der Waals surface area contributed by atoms with Gasteiger partial charge in [-0.25, -0.2) is 0 Å². The van der Waals surface area contributed by atoms with Gasteiger partial charge in [0.1, 0.15) is 11.1 Å². The Kier molecular flexibility index (Phi) is 3.93. The summed E-state index contributed by atoms with van der Waals surface area (Å²) in [5.74, 6) is -0.141. The lowest BCUT2D eigenvalue weighted by molar-refractivity contribution is -0.221. The second-order valence-corrected chi connectivity index (χ2v) is 4.61. The van der Waals surface area contributed by atoms with Crippen molar-refractivity contribution in [1.82, 2.24) is 10.4 Å². The molecule has 0 unspecified atom stereocenters. The van der Waals surface area contributed by atoms with Crippen LogP contribution in [0, 0.1) is 0 Å². The molecule has 1 fully saturated rings. The predicted molar refractivity (Wildman–Crippen MR) is 72.6 cm³/mol. The van der Waals surface area contributed by atoms with Gasteiger partial charge in [-0.15, -0.1) is 0 Å². The first-order valence-electron chi connectivity index (χ1n) is 5.95. The van der Waals surface area contributed by atoms with Crippen molar-refractivity contribution in [2.75, 3.05) is 0 Å². The minimum absolute atomic E-state index is 0.141. The van der Waals surface area contributed by atoms with Crippen LogP contribution in [0.2, 0.25) is 0 Å². The van der Waals surface area contributed by atoms with Crippen molar-refractivity contribution < 1.29 is 9.63 Å². The van der Waals surface area contributed by atoms with E-state index in [2.05, 4.69) is 5.32 Å². The third-order valence-corrected chi connectivity index (χ3v) is 3.22. The second kappa shape index (κ2) is 5.46. The van der Waals surface area contributed by atoms with Crippen LogP contribution in [0.5, 0.6) is 0 Å². The Morgan fingerprint density at radius 1 is 1.44 bits per heavy atom. The monoisotopic (exact) mass is 264 g/mol. The molecule has 0 aromatic heterocycles. The molecule has 2 atom stereocenters. The summed E-state index contributed by atoms with van der Waals surface area (Å²) in [6.07, 6.45) is 0.153. The van der Waals surface area contributed by atoms with E-state index in [0.29, 0.717) is 4.99 Å². The number of carbonyl (C=O) groups is 1. The average molecular weight is 264 g/mol. The molecule has 1 saturated heterocycles. The van der Waals surface area contributed by atoms with E-state index in [4.69, 9.17) is 17.1 Å². The van der Waals surface area contributed by atoms with Crippen LogP contribution in [0.4, 0.5) is 0 Å². The first kappa shape index (κ1) is 13.0. The van der Waals surface area contributed by atoms with Gasteiger partial charge in [0.25, 0.3) is 0 Å². The number of thiocarbonyl (C=S) groups is 1. The number of nitrogens with zero attached hydrogens (tertiary/aromatic N) is 1. The fourth-order valence-electron chi connectivity index (χ4n) is 1.90. The zero-order valence-electron chi connectivity index (χ0n) is 10.4. The van der Waals surface area contributed by atoms with Gasteiger partial charge in [0.05, 0.1) is 0 Å². The molecule has 1 N–H and O–H groups in total. The number of carbonyl (C=O) groups excluding carboxylic acids is 1. The zero-order chi connectivity index (χ0) is 13.1. The molecule has 18 heavy (non-hydrogen) atoms. The molecular weight excluding hydrogens is 248 g/mol. The molecule has 0 radical (unpaired) electrons. The van der Waals surface area contributed by atoms with Crippen molar-refractivity contribution in [1.29, 1.82) is 0 Å². The summed E-state index contributed by atoms with van der Waals surface area (Å²) >= 11 is 5.27. The smallest absolute Gasteiger partial charge is 0.245 e. The molecule has 1 aliphatic rings. The minimum Gasteiger partial charge on any atom is -0.352 e. The molecule has 1 heterocycles. The minimum atomic E-state index is -0.348. The van der Waals surface area contributed by atoms with Gasteiger partial charge in [0, 0.05) is 6.92 Å². The van der Waals surface area contributed by atoms with Crippen molar-refractivity contribution in [3.05, 3.63) is 35.9 Å². The van der Waals surface area contributed by atoms with E-state index in [-0.39, 0.29) is 18.2 Å². The van der Waals surface area contributed by atoms with Crippen LogP contribution < -0.4 is 5.32 Å². The molecule has 1 aromatic rings. The molecule has 2 rings (SSSR count). The Bertz CT molecular complexity index is 450. The molecule has 96 valence electrons. The maximum Gasteiger partial charge on any atom is 0.245 e. The highest BCUT2D eigenvalue weighted by Gasteiger charge is 2.34. The van der Waals surface area contributed by atoms with E-state index < -0.39 is 0 Å². The molecule has 0 aliphatic carbocycles. The van der Waals surface area contributed by atoms with Gasteiger partial charge in [0.15, 0.2) is 6.17 Å². The number of hydrogen-bond donors (Lipinski definition) is 1. The van der Waals surface area contributed by atoms with Crippen LogP contribution in [0.25, 0.3) is 0 Å². The third kappa shape index (κ3) is 2.52. The van der Waals surface area contributed by atoms with E-state index in [1.807, 2.05) is 37.3 Å². The summed E-state index contributed by atoms with van der Waals surface area (Å²) < 4.78 is 0. The lowest BCUT2D eigenvalue weighted by Gasteiger charge is -2.39. The third-order valence-electron chi connectivity index (χ3n) is 2.84. The quantitative estimate of drug-likeness (QED) is 0.831. The van der Waals surface area contributed by atoms with Crippen LogP contribution in [0.15, 0.2) is 30.3 Å². The number of nitrogens with one attached hydrogen (secondary N) is 1. The van der Waals surface area contributed by atoms with Gasteiger partial charge in [-0.2, -0.15) is 5.06 Å². The number of amides is 1. The van der Waals surface area contributed by atoms with Crippen LogP contribution in [0.1, 0.15) is 32.0 Å². The lowest BCUT2D eigenvalue weighted by Crippen LogP contribution is -2.54. The molecule has 0 bridgehead atoms. The highest BCUT2D eigenvalue weighted by atomic mass is 32.1. The number of hydroxylamine groups is 2. The van der Waals surface area contributed by atoms with Gasteiger partial charge < -0.3 is 5.32 Å². The second-order valence-electron chi connectivity index (χ2n) is 4.17. The normalized spacial score (nSPS) is 23.7. The average Bonchev–Trinajstić information content (AvgIpc) is 2.39. The molecule has 1 amide bonds. The predicted octanol–water partition coefficient (Wildman–Crippen LogP) is 2.17. The molecule has 0 saturated carbocycles. The Morgan fingerprint density at radius 2 is 2.11 bits per heavy atom. The largest absolute Gasteiger partial charge is 0.352 e. The van der Waals surface area contributed by atoms with Crippen LogP contribution in [0.3, 0.4) is 0 Å². The topological polar surface area (TPSA) is 41.6 Å². The summed E-state index contributed by atoms with van der Waals surface area (Å²) in [6, 6.07) is 9.64. The van der Waals surface area contributed by atoms with Gasteiger partial charge in [-0.3, -0.25) is 9.63 Å². The van der Waals surface area contributed by atoms with Gasteiger partial charge in [-0.1, -0.05) is 49.5 Å². The van der Waals surface area contributed by atoms with Crippen molar-refractivity contribution in [2.45, 2.75) is 32.5 Å². The Labute approximate surface area is 112 Å². The summed E-state index contributed by atoms with van der Waals surface area (Å²) in [7, 11) is 0. The van der Waals surface area contributed by atoms with E-state index in [0.717, 1.165) is 12.0 Å². The summed E-state index contributed by atoms with van der Waals surface area (Å²) in [5, 5.41) is 4.54. The molecular formula is C13H16N2O2S. The fourth-order valence-corrected chi connectivity index (χ4v) is 2.22. The van der Waals surface area contributed by atoms with E-state index in [9.17, 15) is 4.79 Å². The number of benzene rings is 1. The molecule has 1 aromatic carbocycles. The first-order chi connectivity index (χ1) is 8.63. The van der Waals surface area contributed by atoms with Crippen LogP contribution >= 0.6 is 12.2 Å². The van der Waals surface area contributed by atoms with E-state index in [1.165, 1.54) is 12.0 Å².